The molecule has 1 saturated heterocycles. The molecule has 1 aromatic rings. The van der Waals surface area contributed by atoms with Crippen LogP contribution in [0.15, 0.2) is 18.2 Å². The molecule has 0 radical (unpaired) electrons. The van der Waals surface area contributed by atoms with Gasteiger partial charge in [0.05, 0.1) is 14.2 Å². The lowest BCUT2D eigenvalue weighted by atomic mass is 10.1. The van der Waals surface area contributed by atoms with E-state index in [1.807, 2.05) is 23.1 Å². The molecule has 0 aliphatic carbocycles. The van der Waals surface area contributed by atoms with E-state index in [-0.39, 0.29) is 18.6 Å². The number of methoxy groups -OCH3 is 3. The summed E-state index contributed by atoms with van der Waals surface area (Å²) in [6, 6.07) is 5.97. The van der Waals surface area contributed by atoms with Gasteiger partial charge in [0.1, 0.15) is 6.61 Å². The van der Waals surface area contributed by atoms with E-state index in [0.29, 0.717) is 18.0 Å². The number of carbonyl (C=O) groups is 1. The van der Waals surface area contributed by atoms with E-state index in [1.165, 1.54) is 0 Å². The number of benzene rings is 1. The molecule has 1 fully saturated rings. The van der Waals surface area contributed by atoms with Crippen molar-refractivity contribution in [2.75, 3.05) is 46.3 Å². The zero-order valence-corrected chi connectivity index (χ0v) is 13.4. The number of piperidine rings is 1. The van der Waals surface area contributed by atoms with Gasteiger partial charge in [-0.3, -0.25) is 4.79 Å². The lowest BCUT2D eigenvalue weighted by Crippen LogP contribution is -2.46. The summed E-state index contributed by atoms with van der Waals surface area (Å²) in [5.74, 6) is 1.44. The molecule has 122 valence electrons. The summed E-state index contributed by atoms with van der Waals surface area (Å²) >= 11 is 0. The lowest BCUT2D eigenvalue weighted by Gasteiger charge is -2.33. The molecule has 6 heteroatoms. The van der Waals surface area contributed by atoms with Crippen LogP contribution in [0.5, 0.6) is 11.5 Å². The molecule has 1 aliphatic heterocycles. The first-order valence-corrected chi connectivity index (χ1v) is 7.43. The molecule has 0 saturated carbocycles. The molecule has 1 aliphatic rings. The number of nitrogens with zero attached hydrogens (tertiary/aromatic N) is 1. The normalized spacial score (nSPS) is 18.0. The maximum atomic E-state index is 11.9. The maximum Gasteiger partial charge on any atom is 0.248 e. The van der Waals surface area contributed by atoms with Crippen LogP contribution in [0.2, 0.25) is 0 Å². The van der Waals surface area contributed by atoms with Crippen molar-refractivity contribution >= 4 is 11.6 Å². The van der Waals surface area contributed by atoms with E-state index < -0.39 is 0 Å². The lowest BCUT2D eigenvalue weighted by molar-refractivity contribution is -0.136. The van der Waals surface area contributed by atoms with Crippen molar-refractivity contribution in [3.8, 4) is 11.5 Å². The second-order valence-corrected chi connectivity index (χ2v) is 5.33. The Morgan fingerprint density at radius 3 is 2.73 bits per heavy atom. The number of ether oxygens (including phenoxy) is 3. The Bertz CT molecular complexity index is 507. The van der Waals surface area contributed by atoms with Crippen LogP contribution in [0.4, 0.5) is 5.69 Å². The Morgan fingerprint density at radius 1 is 1.27 bits per heavy atom. The van der Waals surface area contributed by atoms with Crippen molar-refractivity contribution in [2.45, 2.75) is 18.9 Å². The Labute approximate surface area is 131 Å². The van der Waals surface area contributed by atoms with Gasteiger partial charge in [-0.1, -0.05) is 0 Å². The zero-order valence-electron chi connectivity index (χ0n) is 13.4. The smallest absolute Gasteiger partial charge is 0.248 e. The molecule has 0 bridgehead atoms. The molecule has 1 heterocycles. The predicted octanol–water partition coefficient (Wildman–Crippen LogP) is 1.75. The van der Waals surface area contributed by atoms with Gasteiger partial charge in [-0.25, -0.2) is 0 Å². The van der Waals surface area contributed by atoms with E-state index in [9.17, 15) is 4.79 Å². The number of hydrogen-bond donors (Lipinski definition) is 1. The zero-order chi connectivity index (χ0) is 15.9. The summed E-state index contributed by atoms with van der Waals surface area (Å²) in [5.41, 5.74) is 0.962. The minimum Gasteiger partial charge on any atom is -0.493 e. The fourth-order valence-electron chi connectivity index (χ4n) is 2.70. The van der Waals surface area contributed by atoms with Gasteiger partial charge in [0.25, 0.3) is 0 Å². The fourth-order valence-corrected chi connectivity index (χ4v) is 2.70. The highest BCUT2D eigenvalue weighted by atomic mass is 16.5. The number of rotatable bonds is 6. The van der Waals surface area contributed by atoms with Gasteiger partial charge in [0, 0.05) is 38.0 Å². The molecule has 6 nitrogen and oxygen atoms in total. The van der Waals surface area contributed by atoms with Crippen LogP contribution in [0.1, 0.15) is 12.8 Å². The van der Waals surface area contributed by atoms with Gasteiger partial charge in [0.15, 0.2) is 11.5 Å². The van der Waals surface area contributed by atoms with Crippen molar-refractivity contribution < 1.29 is 19.0 Å². The third-order valence-electron chi connectivity index (χ3n) is 3.80. The molecule has 1 N–H and O–H groups in total. The third-order valence-corrected chi connectivity index (χ3v) is 3.80. The Kier molecular flexibility index (Phi) is 5.89. The fraction of sp³-hybridized carbons (Fsp3) is 0.562. The molecular weight excluding hydrogens is 284 g/mol. The van der Waals surface area contributed by atoms with E-state index >= 15 is 0 Å². The van der Waals surface area contributed by atoms with Gasteiger partial charge in [-0.15, -0.1) is 0 Å². The summed E-state index contributed by atoms with van der Waals surface area (Å²) < 4.78 is 15.5. The average Bonchev–Trinajstić information content (AvgIpc) is 2.55. The molecule has 1 atom stereocenters. The van der Waals surface area contributed by atoms with Crippen LogP contribution in [-0.2, 0) is 9.53 Å². The van der Waals surface area contributed by atoms with Gasteiger partial charge in [0.2, 0.25) is 5.91 Å². The summed E-state index contributed by atoms with van der Waals surface area (Å²) in [7, 11) is 4.78. The first-order valence-electron chi connectivity index (χ1n) is 7.43. The van der Waals surface area contributed by atoms with Crippen molar-refractivity contribution in [2.24, 2.45) is 0 Å². The van der Waals surface area contributed by atoms with Crippen LogP contribution in [0.25, 0.3) is 0 Å². The maximum absolute atomic E-state index is 11.9. The van der Waals surface area contributed by atoms with E-state index in [1.54, 1.807) is 21.3 Å². The first kappa shape index (κ1) is 16.4. The number of hydrogen-bond acceptors (Lipinski definition) is 5. The van der Waals surface area contributed by atoms with E-state index in [4.69, 9.17) is 14.2 Å². The summed E-state index contributed by atoms with van der Waals surface area (Å²) in [5, 5.41) is 3.46. The van der Waals surface area contributed by atoms with Crippen LogP contribution in [0, 0.1) is 0 Å². The van der Waals surface area contributed by atoms with Crippen LogP contribution in [0.3, 0.4) is 0 Å². The molecule has 22 heavy (non-hydrogen) atoms. The van der Waals surface area contributed by atoms with Crippen LogP contribution < -0.4 is 14.8 Å². The number of amides is 1. The Balaban J connectivity index is 1.99. The van der Waals surface area contributed by atoms with Crippen molar-refractivity contribution in [1.82, 2.24) is 4.90 Å². The largest absolute Gasteiger partial charge is 0.493 e. The number of carbonyl (C=O) groups excluding carboxylic acids is 1. The van der Waals surface area contributed by atoms with Gasteiger partial charge in [-0.2, -0.15) is 0 Å². The number of nitrogens with one attached hydrogen (secondary N) is 1. The monoisotopic (exact) mass is 308 g/mol. The predicted molar refractivity (Wildman–Crippen MR) is 84.6 cm³/mol. The molecule has 0 spiro atoms. The highest BCUT2D eigenvalue weighted by molar-refractivity contribution is 5.77. The second kappa shape index (κ2) is 7.89. The quantitative estimate of drug-likeness (QED) is 0.867. The summed E-state index contributed by atoms with van der Waals surface area (Å²) in [4.78, 5) is 13.8. The topological polar surface area (TPSA) is 60.0 Å². The highest BCUT2D eigenvalue weighted by Gasteiger charge is 2.23. The summed E-state index contributed by atoms with van der Waals surface area (Å²) in [6.07, 6.45) is 2.02. The molecule has 0 aromatic heterocycles. The molecule has 1 aromatic carbocycles. The first-order chi connectivity index (χ1) is 10.7. The number of anilines is 1. The average molecular weight is 308 g/mol. The second-order valence-electron chi connectivity index (χ2n) is 5.33. The van der Waals surface area contributed by atoms with Crippen molar-refractivity contribution in [1.29, 1.82) is 0 Å². The van der Waals surface area contributed by atoms with Gasteiger partial charge in [-0.05, 0) is 25.0 Å². The molecule has 1 unspecified atom stereocenters. The van der Waals surface area contributed by atoms with Crippen LogP contribution in [-0.4, -0.2) is 57.9 Å². The van der Waals surface area contributed by atoms with Crippen LogP contribution >= 0.6 is 0 Å². The minimum atomic E-state index is 0.0429. The third kappa shape index (κ3) is 4.04. The number of likely N-dealkylation sites (tertiary alicyclic amines) is 1. The van der Waals surface area contributed by atoms with Crippen molar-refractivity contribution in [3.63, 3.8) is 0 Å². The SMILES string of the molecule is COCC(=O)N1CCCC(Nc2ccc(OC)c(OC)c2)C1. The Hall–Kier alpha value is -1.95. The van der Waals surface area contributed by atoms with E-state index in [2.05, 4.69) is 5.32 Å². The molecule has 2 rings (SSSR count). The summed E-state index contributed by atoms with van der Waals surface area (Å²) in [6.45, 7) is 1.63. The highest BCUT2D eigenvalue weighted by Crippen LogP contribution is 2.30. The standard InChI is InChI=1S/C16H24N2O4/c1-20-11-16(19)18-8-4-5-13(10-18)17-12-6-7-14(21-2)15(9-12)22-3/h6-7,9,13,17H,4-5,8,10-11H2,1-3H3. The minimum absolute atomic E-state index is 0.0429. The van der Waals surface area contributed by atoms with Crippen molar-refractivity contribution in [3.05, 3.63) is 18.2 Å². The van der Waals surface area contributed by atoms with Gasteiger partial charge >= 0.3 is 0 Å². The van der Waals surface area contributed by atoms with Gasteiger partial charge < -0.3 is 24.4 Å². The molecule has 1 amide bonds. The molecular formula is C16H24N2O4. The van der Waals surface area contributed by atoms with E-state index in [0.717, 1.165) is 25.1 Å². The Morgan fingerprint density at radius 2 is 2.05 bits per heavy atom.